The number of carbonyl (C=O) groups is 1. The minimum absolute atomic E-state index is 0.0777. The first-order valence-electron chi connectivity index (χ1n) is 13.3. The number of benzene rings is 3. The number of nitrogens with one attached hydrogen (secondary N) is 2. The van der Waals surface area contributed by atoms with Gasteiger partial charge in [0.25, 0.3) is 10.0 Å². The number of aromatic nitrogens is 1. The predicted octanol–water partition coefficient (Wildman–Crippen LogP) is 4.79. The molecule has 1 amide bonds. The van der Waals surface area contributed by atoms with Crippen molar-refractivity contribution in [2.45, 2.75) is 31.1 Å². The zero-order valence-electron chi connectivity index (χ0n) is 23.2. The number of hydrogen-bond acceptors (Lipinski definition) is 6. The van der Waals surface area contributed by atoms with Gasteiger partial charge in [-0.15, -0.1) is 0 Å². The molecule has 40 heavy (non-hydrogen) atoms. The van der Waals surface area contributed by atoms with Crippen LogP contribution in [0.25, 0.3) is 22.0 Å². The molecule has 4 aromatic rings. The molecule has 1 aliphatic rings. The Labute approximate surface area is 235 Å². The van der Waals surface area contributed by atoms with Gasteiger partial charge in [0.2, 0.25) is 5.88 Å². The van der Waals surface area contributed by atoms with E-state index >= 15 is 0 Å². The van der Waals surface area contributed by atoms with Crippen LogP contribution in [-0.4, -0.2) is 62.3 Å². The number of para-hydroxylation sites is 1. The highest BCUT2D eigenvalue weighted by Crippen LogP contribution is 2.40. The van der Waals surface area contributed by atoms with Crippen molar-refractivity contribution in [1.29, 1.82) is 0 Å². The third-order valence-electron chi connectivity index (χ3n) is 7.08. The summed E-state index contributed by atoms with van der Waals surface area (Å²) in [5.74, 6) is 0.0777. The van der Waals surface area contributed by atoms with E-state index in [2.05, 4.69) is 35.9 Å². The quantitative estimate of drug-likeness (QED) is 0.352. The van der Waals surface area contributed by atoms with Gasteiger partial charge in [0.1, 0.15) is 0 Å². The van der Waals surface area contributed by atoms with E-state index in [-0.39, 0.29) is 16.2 Å². The number of rotatable bonds is 6. The van der Waals surface area contributed by atoms with Gasteiger partial charge in [-0.3, -0.25) is 5.43 Å². The second kappa shape index (κ2) is 11.0. The Morgan fingerprint density at radius 1 is 0.850 bits per heavy atom. The molecule has 5 rings (SSSR count). The van der Waals surface area contributed by atoms with Crippen LogP contribution in [0.5, 0.6) is 5.88 Å². The van der Waals surface area contributed by atoms with Crippen molar-refractivity contribution >= 4 is 27.0 Å². The highest BCUT2D eigenvalue weighted by molar-refractivity contribution is 7.92. The summed E-state index contributed by atoms with van der Waals surface area (Å²) in [5, 5.41) is 2.54. The monoisotopic (exact) mass is 561 g/mol. The highest BCUT2D eigenvalue weighted by Gasteiger charge is 2.27. The molecule has 10 heteroatoms. The van der Waals surface area contributed by atoms with E-state index < -0.39 is 16.1 Å². The third kappa shape index (κ3) is 5.84. The summed E-state index contributed by atoms with van der Waals surface area (Å²) in [4.78, 5) is 18.1. The van der Waals surface area contributed by atoms with Gasteiger partial charge < -0.3 is 9.64 Å². The van der Waals surface area contributed by atoms with Crippen molar-refractivity contribution in [1.82, 2.24) is 20.0 Å². The van der Waals surface area contributed by atoms with E-state index in [1.54, 1.807) is 23.2 Å². The topological polar surface area (TPSA) is 95.9 Å². The second-order valence-corrected chi connectivity index (χ2v) is 12.7. The second-order valence-electron chi connectivity index (χ2n) is 11.1. The normalized spacial score (nSPS) is 15.2. The Kier molecular flexibility index (Phi) is 7.59. The molecule has 0 aliphatic carbocycles. The van der Waals surface area contributed by atoms with Gasteiger partial charge in [-0.25, -0.2) is 19.3 Å². The van der Waals surface area contributed by atoms with Crippen LogP contribution in [0.3, 0.4) is 0 Å². The lowest BCUT2D eigenvalue weighted by molar-refractivity contribution is 0.0969. The van der Waals surface area contributed by atoms with Gasteiger partial charge in [-0.2, -0.15) is 8.42 Å². The number of hydrogen-bond donors (Lipinski definition) is 2. The number of hydrazine groups is 1. The van der Waals surface area contributed by atoms with Gasteiger partial charge in [0.15, 0.2) is 0 Å². The van der Waals surface area contributed by atoms with Gasteiger partial charge in [0, 0.05) is 31.6 Å². The molecular formula is C30H35N5O4S. The van der Waals surface area contributed by atoms with E-state index in [1.165, 1.54) is 4.68 Å². The first-order chi connectivity index (χ1) is 19.0. The lowest BCUT2D eigenvalue weighted by Gasteiger charge is -2.31. The number of fused-ring (bicyclic) bond motifs is 1. The molecule has 3 aromatic carbocycles. The molecule has 1 saturated heterocycles. The maximum Gasteiger partial charge on any atom is 0.428 e. The number of carbonyl (C=O) groups excluding carboxylic acids is 1. The van der Waals surface area contributed by atoms with Crippen LogP contribution >= 0.6 is 0 Å². The first-order valence-corrected chi connectivity index (χ1v) is 14.8. The van der Waals surface area contributed by atoms with Gasteiger partial charge >= 0.3 is 6.09 Å². The van der Waals surface area contributed by atoms with E-state index in [0.29, 0.717) is 24.2 Å². The Morgan fingerprint density at radius 2 is 1.48 bits per heavy atom. The summed E-state index contributed by atoms with van der Waals surface area (Å²) in [6, 6.07) is 23.6. The largest absolute Gasteiger partial charge is 0.428 e. The summed E-state index contributed by atoms with van der Waals surface area (Å²) in [6.07, 6.45) is -0.695. The molecule has 0 atom stereocenters. The van der Waals surface area contributed by atoms with E-state index in [4.69, 9.17) is 4.74 Å². The Balaban J connectivity index is 1.56. The SMILES string of the molecule is CN1CCN(NC(=O)Oc2c(-c3ccccc3)c3ccccc3n2NS(=O)(=O)c2ccc(C(C)(C)C)cc2)CC1. The number of amides is 1. The summed E-state index contributed by atoms with van der Waals surface area (Å²) < 4.78 is 34.5. The summed E-state index contributed by atoms with van der Waals surface area (Å²) in [7, 11) is -2.01. The van der Waals surface area contributed by atoms with Crippen molar-refractivity contribution in [3.63, 3.8) is 0 Å². The molecule has 2 heterocycles. The molecule has 0 spiro atoms. The number of piperazine rings is 1. The van der Waals surface area contributed by atoms with Crippen molar-refractivity contribution in [2.75, 3.05) is 38.1 Å². The van der Waals surface area contributed by atoms with Crippen LogP contribution in [0.4, 0.5) is 4.79 Å². The fourth-order valence-corrected chi connectivity index (χ4v) is 5.77. The van der Waals surface area contributed by atoms with Crippen LogP contribution in [0, 0.1) is 0 Å². The highest BCUT2D eigenvalue weighted by atomic mass is 32.2. The number of nitrogens with zero attached hydrogens (tertiary/aromatic N) is 3. The van der Waals surface area contributed by atoms with Crippen molar-refractivity contribution in [3.8, 4) is 17.0 Å². The Hall–Kier alpha value is -3.86. The maximum absolute atomic E-state index is 13.6. The predicted molar refractivity (Wildman–Crippen MR) is 157 cm³/mol. The average molecular weight is 562 g/mol. The standard InChI is InChI=1S/C30H35N5O4S/c1-30(2,3)23-14-16-24(17-15-23)40(37,38)32-35-26-13-9-8-12-25(26)27(22-10-6-5-7-11-22)28(35)39-29(36)31-34-20-18-33(4)19-21-34/h5-17,32H,18-21H2,1-4H3,(H,31,36). The lowest BCUT2D eigenvalue weighted by atomic mass is 9.87. The van der Waals surface area contributed by atoms with Crippen LogP contribution in [-0.2, 0) is 15.4 Å². The molecule has 0 unspecified atom stereocenters. The van der Waals surface area contributed by atoms with Crippen LogP contribution in [0.2, 0.25) is 0 Å². The summed E-state index contributed by atoms with van der Waals surface area (Å²) >= 11 is 0. The van der Waals surface area contributed by atoms with Gasteiger partial charge in [0.05, 0.1) is 16.0 Å². The summed E-state index contributed by atoms with van der Waals surface area (Å²) in [6.45, 7) is 9.13. The fraction of sp³-hybridized carbons (Fsp3) is 0.300. The zero-order chi connectivity index (χ0) is 28.5. The summed E-state index contributed by atoms with van der Waals surface area (Å²) in [5.41, 5.74) is 5.66. The molecule has 9 nitrogen and oxygen atoms in total. The molecule has 1 aromatic heterocycles. The zero-order valence-corrected chi connectivity index (χ0v) is 24.0. The number of likely N-dealkylation sites (N-methyl/N-ethyl adjacent to an activating group) is 1. The maximum atomic E-state index is 13.6. The fourth-order valence-electron chi connectivity index (χ4n) is 4.75. The molecule has 0 radical (unpaired) electrons. The first kappa shape index (κ1) is 27.7. The van der Waals surface area contributed by atoms with E-state index in [1.807, 2.05) is 67.7 Å². The molecule has 2 N–H and O–H groups in total. The van der Waals surface area contributed by atoms with Crippen LogP contribution in [0.1, 0.15) is 26.3 Å². The molecule has 210 valence electrons. The molecular weight excluding hydrogens is 526 g/mol. The van der Waals surface area contributed by atoms with Crippen molar-refractivity contribution in [3.05, 3.63) is 84.4 Å². The van der Waals surface area contributed by atoms with E-state index in [9.17, 15) is 13.2 Å². The van der Waals surface area contributed by atoms with Gasteiger partial charge in [-0.05, 0) is 41.8 Å². The van der Waals surface area contributed by atoms with Crippen LogP contribution in [0.15, 0.2) is 83.8 Å². The van der Waals surface area contributed by atoms with Crippen molar-refractivity contribution < 1.29 is 17.9 Å². The Morgan fingerprint density at radius 3 is 2.12 bits per heavy atom. The van der Waals surface area contributed by atoms with E-state index in [0.717, 1.165) is 29.6 Å². The van der Waals surface area contributed by atoms with Crippen LogP contribution < -0.4 is 15.0 Å². The molecule has 1 fully saturated rings. The smallest absolute Gasteiger partial charge is 0.390 e. The van der Waals surface area contributed by atoms with Gasteiger partial charge in [-0.1, -0.05) is 81.4 Å². The Bertz CT molecular complexity index is 1600. The average Bonchev–Trinajstić information content (AvgIpc) is 3.22. The lowest BCUT2D eigenvalue weighted by Crippen LogP contribution is -2.53. The molecule has 0 saturated carbocycles. The minimum Gasteiger partial charge on any atom is -0.390 e. The molecule has 0 bridgehead atoms. The number of sulfonamides is 1. The molecule has 1 aliphatic heterocycles. The third-order valence-corrected chi connectivity index (χ3v) is 8.39. The number of ether oxygens (including phenoxy) is 1. The minimum atomic E-state index is -4.04. The van der Waals surface area contributed by atoms with Crippen molar-refractivity contribution in [2.24, 2.45) is 0 Å².